The zero-order valence-electron chi connectivity index (χ0n) is 21.1. The van der Waals surface area contributed by atoms with Crippen molar-refractivity contribution in [3.05, 3.63) is 89.8 Å². The van der Waals surface area contributed by atoms with Gasteiger partial charge in [-0.25, -0.2) is 0 Å². The fourth-order valence-corrected chi connectivity index (χ4v) is 4.21. The number of para-hydroxylation sites is 2. The molecule has 0 N–H and O–H groups in total. The number of ether oxygens (including phenoxy) is 1. The van der Waals surface area contributed by atoms with Gasteiger partial charge < -0.3 is 14.5 Å². The summed E-state index contributed by atoms with van der Waals surface area (Å²) < 4.78 is 6.21. The summed E-state index contributed by atoms with van der Waals surface area (Å²) in [5, 5.41) is 0. The molecule has 0 atom stereocenters. The maximum Gasteiger partial charge on any atom is 0.208 e. The number of benzene rings is 2. The SMILES string of the molecule is Cc1cccc(OCCc2ccccn2)c1N(C)[C]N(C)c1c(C(C)C)cccc1C(C)C. The van der Waals surface area contributed by atoms with E-state index < -0.39 is 0 Å². The van der Waals surface area contributed by atoms with Crippen LogP contribution in [0.3, 0.4) is 0 Å². The van der Waals surface area contributed by atoms with Crippen molar-refractivity contribution in [1.82, 2.24) is 4.98 Å². The van der Waals surface area contributed by atoms with E-state index in [-0.39, 0.29) is 0 Å². The third-order valence-electron chi connectivity index (χ3n) is 5.86. The minimum Gasteiger partial charge on any atom is -0.491 e. The highest BCUT2D eigenvalue weighted by atomic mass is 16.5. The highest BCUT2D eigenvalue weighted by molar-refractivity contribution is 5.68. The molecule has 0 aliphatic carbocycles. The summed E-state index contributed by atoms with van der Waals surface area (Å²) in [6, 6.07) is 18.8. The van der Waals surface area contributed by atoms with Crippen LogP contribution in [0.15, 0.2) is 60.8 Å². The largest absolute Gasteiger partial charge is 0.491 e. The maximum atomic E-state index is 6.21. The summed E-state index contributed by atoms with van der Waals surface area (Å²) >= 11 is 0. The summed E-state index contributed by atoms with van der Waals surface area (Å²) in [5.74, 6) is 1.71. The van der Waals surface area contributed by atoms with Gasteiger partial charge in [0.25, 0.3) is 0 Å². The second-order valence-corrected chi connectivity index (χ2v) is 9.15. The Bertz CT molecular complexity index is 1000. The van der Waals surface area contributed by atoms with Gasteiger partial charge in [0.05, 0.1) is 12.3 Å². The number of hydrogen-bond donors (Lipinski definition) is 0. The van der Waals surface area contributed by atoms with Gasteiger partial charge in [0.15, 0.2) is 0 Å². The third-order valence-corrected chi connectivity index (χ3v) is 5.86. The van der Waals surface area contributed by atoms with Crippen LogP contribution in [0, 0.1) is 13.6 Å². The van der Waals surface area contributed by atoms with Crippen LogP contribution in [0.25, 0.3) is 0 Å². The molecule has 2 aromatic carbocycles. The number of hydrogen-bond acceptors (Lipinski definition) is 4. The van der Waals surface area contributed by atoms with Gasteiger partial charge in [-0.05, 0) is 53.6 Å². The van der Waals surface area contributed by atoms with Gasteiger partial charge in [-0.1, -0.05) is 64.1 Å². The van der Waals surface area contributed by atoms with Crippen molar-refractivity contribution >= 4 is 11.4 Å². The fourth-order valence-electron chi connectivity index (χ4n) is 4.21. The molecule has 0 aliphatic rings. The van der Waals surface area contributed by atoms with Crippen LogP contribution in [0.5, 0.6) is 5.75 Å². The molecule has 174 valence electrons. The molecular formula is C29H37N3O. The summed E-state index contributed by atoms with van der Waals surface area (Å²) in [7, 11) is 4.13. The molecule has 2 radical (unpaired) electrons. The first kappa shape index (κ1) is 24.6. The Hall–Kier alpha value is -3.01. The van der Waals surface area contributed by atoms with Gasteiger partial charge in [-0.3, -0.25) is 4.98 Å². The van der Waals surface area contributed by atoms with Crippen molar-refractivity contribution in [3.8, 4) is 5.75 Å². The van der Waals surface area contributed by atoms with Crippen LogP contribution in [-0.2, 0) is 6.42 Å². The van der Waals surface area contributed by atoms with E-state index in [2.05, 4.69) is 82.5 Å². The third kappa shape index (κ3) is 6.07. The maximum absolute atomic E-state index is 6.21. The van der Waals surface area contributed by atoms with E-state index in [0.717, 1.165) is 29.1 Å². The summed E-state index contributed by atoms with van der Waals surface area (Å²) in [6.45, 7) is 15.2. The van der Waals surface area contributed by atoms with E-state index in [1.54, 1.807) is 0 Å². The Balaban J connectivity index is 1.81. The molecule has 3 rings (SSSR count). The van der Waals surface area contributed by atoms with E-state index >= 15 is 0 Å². The molecule has 0 bridgehead atoms. The Morgan fingerprint density at radius 1 is 0.818 bits per heavy atom. The van der Waals surface area contributed by atoms with E-state index in [1.807, 2.05) is 48.5 Å². The summed E-state index contributed by atoms with van der Waals surface area (Å²) in [4.78, 5) is 8.58. The minimum absolute atomic E-state index is 0.428. The van der Waals surface area contributed by atoms with Crippen molar-refractivity contribution in [2.45, 2.75) is 52.9 Å². The average molecular weight is 444 g/mol. The first-order valence-electron chi connectivity index (χ1n) is 11.8. The quantitative estimate of drug-likeness (QED) is 0.321. The van der Waals surface area contributed by atoms with Crippen molar-refractivity contribution in [2.24, 2.45) is 0 Å². The second-order valence-electron chi connectivity index (χ2n) is 9.15. The van der Waals surface area contributed by atoms with E-state index in [9.17, 15) is 0 Å². The Labute approximate surface area is 200 Å². The molecule has 0 amide bonds. The van der Waals surface area contributed by atoms with Crippen LogP contribution >= 0.6 is 0 Å². The molecule has 3 aromatic rings. The van der Waals surface area contributed by atoms with Crippen molar-refractivity contribution in [3.63, 3.8) is 0 Å². The van der Waals surface area contributed by atoms with Crippen LogP contribution in [0.1, 0.15) is 61.9 Å². The highest BCUT2D eigenvalue weighted by Crippen LogP contribution is 2.37. The minimum atomic E-state index is 0.428. The summed E-state index contributed by atoms with van der Waals surface area (Å²) in [5.41, 5.74) is 7.11. The van der Waals surface area contributed by atoms with Crippen LogP contribution in [-0.4, -0.2) is 25.7 Å². The predicted molar refractivity (Wildman–Crippen MR) is 139 cm³/mol. The Morgan fingerprint density at radius 3 is 2.06 bits per heavy atom. The predicted octanol–water partition coefficient (Wildman–Crippen LogP) is 6.83. The molecule has 0 fully saturated rings. The molecule has 4 nitrogen and oxygen atoms in total. The molecule has 0 saturated carbocycles. The smallest absolute Gasteiger partial charge is 0.208 e. The van der Waals surface area contributed by atoms with Crippen LogP contribution < -0.4 is 14.5 Å². The summed E-state index contributed by atoms with van der Waals surface area (Å²) in [6.07, 6.45) is 2.59. The lowest BCUT2D eigenvalue weighted by Crippen LogP contribution is -2.29. The lowest BCUT2D eigenvalue weighted by molar-refractivity contribution is 0.321. The van der Waals surface area contributed by atoms with Crippen molar-refractivity contribution < 1.29 is 4.74 Å². The number of anilines is 2. The van der Waals surface area contributed by atoms with Crippen LogP contribution in [0.2, 0.25) is 0 Å². The van der Waals surface area contributed by atoms with E-state index in [1.165, 1.54) is 16.8 Å². The standard InChI is InChI=1S/C29H37N3O/c1-21(2)25-14-11-15-26(22(3)4)29(25)32(7)20-31(6)28-23(5)12-10-16-27(28)33-19-17-24-13-8-9-18-30-24/h8-16,18,21-22H,17,19H2,1-7H3. The highest BCUT2D eigenvalue weighted by Gasteiger charge is 2.21. The van der Waals surface area contributed by atoms with Gasteiger partial charge in [-0.2, -0.15) is 0 Å². The number of nitrogens with zero attached hydrogens (tertiary/aromatic N) is 3. The Kier molecular flexibility index (Phi) is 8.37. The normalized spacial score (nSPS) is 11.2. The lowest BCUT2D eigenvalue weighted by atomic mass is 9.92. The molecule has 0 spiro atoms. The first-order chi connectivity index (χ1) is 15.8. The number of aryl methyl sites for hydroxylation is 1. The number of aromatic nitrogens is 1. The van der Waals surface area contributed by atoms with Gasteiger partial charge in [-0.15, -0.1) is 0 Å². The van der Waals surface area contributed by atoms with E-state index in [4.69, 9.17) is 4.74 Å². The van der Waals surface area contributed by atoms with E-state index in [0.29, 0.717) is 18.4 Å². The van der Waals surface area contributed by atoms with Gasteiger partial charge in [0.1, 0.15) is 5.75 Å². The molecule has 0 unspecified atom stereocenters. The zero-order valence-corrected chi connectivity index (χ0v) is 21.1. The molecule has 0 aliphatic heterocycles. The average Bonchev–Trinajstić information content (AvgIpc) is 2.79. The topological polar surface area (TPSA) is 28.6 Å². The van der Waals surface area contributed by atoms with Crippen LogP contribution in [0.4, 0.5) is 11.4 Å². The Morgan fingerprint density at radius 2 is 1.45 bits per heavy atom. The van der Waals surface area contributed by atoms with Gasteiger partial charge in [0.2, 0.25) is 6.67 Å². The lowest BCUT2D eigenvalue weighted by Gasteiger charge is -2.32. The first-order valence-corrected chi connectivity index (χ1v) is 11.8. The van der Waals surface area contributed by atoms with Gasteiger partial charge in [0, 0.05) is 38.1 Å². The molecular weight excluding hydrogens is 406 g/mol. The molecule has 33 heavy (non-hydrogen) atoms. The molecule has 1 heterocycles. The van der Waals surface area contributed by atoms with Crippen molar-refractivity contribution in [2.75, 3.05) is 30.5 Å². The number of pyridine rings is 1. The molecule has 1 aromatic heterocycles. The van der Waals surface area contributed by atoms with Gasteiger partial charge >= 0.3 is 0 Å². The van der Waals surface area contributed by atoms with Crippen molar-refractivity contribution in [1.29, 1.82) is 0 Å². The second kappa shape index (κ2) is 11.2. The zero-order chi connectivity index (χ0) is 24.0. The monoisotopic (exact) mass is 443 g/mol. The fraction of sp³-hybridized carbons (Fsp3) is 0.379. The number of rotatable bonds is 10. The molecule has 0 saturated heterocycles. The molecule has 4 heteroatoms.